The van der Waals surface area contributed by atoms with Gasteiger partial charge in [0.05, 0.1) is 5.52 Å². The van der Waals surface area contributed by atoms with E-state index in [-0.39, 0.29) is 0 Å². The maximum absolute atomic E-state index is 6.07. The third-order valence-corrected chi connectivity index (χ3v) is 3.04. The third-order valence-electron chi connectivity index (χ3n) is 2.78. The van der Waals surface area contributed by atoms with Crippen molar-refractivity contribution < 1.29 is 4.74 Å². The molecule has 2 N–H and O–H groups in total. The Bertz CT molecular complexity index is 564. The van der Waals surface area contributed by atoms with Gasteiger partial charge in [-0.15, -0.1) is 0 Å². The second-order valence-electron chi connectivity index (χ2n) is 3.85. The molecule has 2 aromatic rings. The number of aromatic nitrogens is 3. The SMILES string of the molecule is CCOCc1nc2c(Cl)nc(C)c(C)c2n1N. The normalized spacial score (nSPS) is 11.3. The first kappa shape index (κ1) is 12.1. The molecule has 0 spiro atoms. The molecule has 0 bridgehead atoms. The molecule has 2 rings (SSSR count). The highest BCUT2D eigenvalue weighted by Crippen LogP contribution is 2.25. The lowest BCUT2D eigenvalue weighted by molar-refractivity contribution is 0.127. The van der Waals surface area contributed by atoms with E-state index >= 15 is 0 Å². The van der Waals surface area contributed by atoms with Crippen LogP contribution in [-0.4, -0.2) is 21.3 Å². The summed E-state index contributed by atoms with van der Waals surface area (Å²) >= 11 is 6.07. The van der Waals surface area contributed by atoms with Gasteiger partial charge in [0.15, 0.2) is 11.0 Å². The lowest BCUT2D eigenvalue weighted by Crippen LogP contribution is -2.14. The third kappa shape index (κ3) is 1.96. The van der Waals surface area contributed by atoms with Crippen LogP contribution in [0.15, 0.2) is 0 Å². The van der Waals surface area contributed by atoms with Gasteiger partial charge >= 0.3 is 0 Å². The fraction of sp³-hybridized carbons (Fsp3) is 0.455. The van der Waals surface area contributed by atoms with E-state index in [1.807, 2.05) is 20.8 Å². The van der Waals surface area contributed by atoms with E-state index in [0.717, 1.165) is 16.8 Å². The van der Waals surface area contributed by atoms with Crippen molar-refractivity contribution in [1.29, 1.82) is 0 Å². The number of fused-ring (bicyclic) bond motifs is 1. The smallest absolute Gasteiger partial charge is 0.157 e. The van der Waals surface area contributed by atoms with E-state index in [9.17, 15) is 0 Å². The van der Waals surface area contributed by atoms with Crippen molar-refractivity contribution >= 4 is 22.6 Å². The summed E-state index contributed by atoms with van der Waals surface area (Å²) in [7, 11) is 0. The minimum absolute atomic E-state index is 0.372. The van der Waals surface area contributed by atoms with Crippen molar-refractivity contribution in [2.24, 2.45) is 0 Å². The number of hydrogen-bond donors (Lipinski definition) is 1. The Morgan fingerprint density at radius 2 is 2.06 bits per heavy atom. The highest BCUT2D eigenvalue weighted by molar-refractivity contribution is 6.33. The lowest BCUT2D eigenvalue weighted by atomic mass is 10.2. The van der Waals surface area contributed by atoms with Crippen molar-refractivity contribution in [3.8, 4) is 0 Å². The Morgan fingerprint density at radius 3 is 2.71 bits per heavy atom. The predicted octanol–water partition coefficient (Wildman–Crippen LogP) is 1.95. The minimum Gasteiger partial charge on any atom is -0.374 e. The number of ether oxygens (including phenoxy) is 1. The first-order valence-electron chi connectivity index (χ1n) is 5.43. The number of imidazole rings is 1. The van der Waals surface area contributed by atoms with Gasteiger partial charge in [-0.3, -0.25) is 0 Å². The van der Waals surface area contributed by atoms with Gasteiger partial charge in [-0.05, 0) is 26.3 Å². The highest BCUT2D eigenvalue weighted by atomic mass is 35.5. The fourth-order valence-electron chi connectivity index (χ4n) is 1.73. The van der Waals surface area contributed by atoms with Gasteiger partial charge in [-0.25, -0.2) is 14.6 Å². The van der Waals surface area contributed by atoms with Gasteiger partial charge in [0, 0.05) is 12.3 Å². The van der Waals surface area contributed by atoms with Crippen LogP contribution < -0.4 is 5.84 Å². The van der Waals surface area contributed by atoms with Crippen LogP contribution in [0.4, 0.5) is 0 Å². The monoisotopic (exact) mass is 254 g/mol. The van der Waals surface area contributed by atoms with E-state index in [4.69, 9.17) is 22.2 Å². The van der Waals surface area contributed by atoms with Crippen LogP contribution in [0.5, 0.6) is 0 Å². The van der Waals surface area contributed by atoms with Gasteiger partial charge in [-0.2, -0.15) is 0 Å². The summed E-state index contributed by atoms with van der Waals surface area (Å²) in [6.07, 6.45) is 0. The molecule has 0 aliphatic heterocycles. The number of pyridine rings is 1. The molecular weight excluding hydrogens is 240 g/mol. The van der Waals surface area contributed by atoms with E-state index < -0.39 is 0 Å². The summed E-state index contributed by atoms with van der Waals surface area (Å²) in [6, 6.07) is 0. The fourth-order valence-corrected chi connectivity index (χ4v) is 1.99. The first-order chi connectivity index (χ1) is 8.06. The second kappa shape index (κ2) is 4.50. The van der Waals surface area contributed by atoms with Crippen molar-refractivity contribution in [1.82, 2.24) is 14.6 Å². The molecule has 6 heteroatoms. The number of nitrogens with two attached hydrogens (primary N) is 1. The highest BCUT2D eigenvalue weighted by Gasteiger charge is 2.16. The Balaban J connectivity index is 2.65. The molecule has 5 nitrogen and oxygen atoms in total. The molecule has 0 aliphatic carbocycles. The van der Waals surface area contributed by atoms with Crippen LogP contribution in [0.25, 0.3) is 11.0 Å². The molecule has 0 aromatic carbocycles. The Hall–Kier alpha value is -1.33. The van der Waals surface area contributed by atoms with Crippen LogP contribution >= 0.6 is 11.6 Å². The van der Waals surface area contributed by atoms with Crippen molar-refractivity contribution in [3.63, 3.8) is 0 Å². The van der Waals surface area contributed by atoms with Gasteiger partial charge in [0.25, 0.3) is 0 Å². The average Bonchev–Trinajstić information content (AvgIpc) is 2.62. The lowest BCUT2D eigenvalue weighted by Gasteiger charge is -2.05. The summed E-state index contributed by atoms with van der Waals surface area (Å²) in [5.74, 6) is 6.66. The maximum atomic E-state index is 6.07. The van der Waals surface area contributed by atoms with Crippen LogP contribution in [0.3, 0.4) is 0 Å². The van der Waals surface area contributed by atoms with E-state index in [1.54, 1.807) is 0 Å². The Kier molecular flexibility index (Phi) is 3.22. The van der Waals surface area contributed by atoms with E-state index in [0.29, 0.717) is 29.7 Å². The van der Waals surface area contributed by atoms with Crippen molar-refractivity contribution in [2.45, 2.75) is 27.4 Å². The average molecular weight is 255 g/mol. The topological polar surface area (TPSA) is 66.0 Å². The largest absolute Gasteiger partial charge is 0.374 e. The summed E-state index contributed by atoms with van der Waals surface area (Å²) in [6.45, 7) is 6.77. The molecule has 0 saturated heterocycles. The molecule has 2 aromatic heterocycles. The molecule has 0 atom stereocenters. The number of rotatable bonds is 3. The molecule has 2 heterocycles. The molecule has 0 aliphatic rings. The molecule has 17 heavy (non-hydrogen) atoms. The summed E-state index contributed by atoms with van der Waals surface area (Å²) < 4.78 is 6.84. The summed E-state index contributed by atoms with van der Waals surface area (Å²) in [5.41, 5.74) is 3.29. The number of halogens is 1. The second-order valence-corrected chi connectivity index (χ2v) is 4.20. The van der Waals surface area contributed by atoms with Gasteiger partial charge in [0.2, 0.25) is 0 Å². The predicted molar refractivity (Wildman–Crippen MR) is 67.5 cm³/mol. The Labute approximate surface area is 105 Å². The number of aryl methyl sites for hydroxylation is 2. The molecule has 92 valence electrons. The molecule has 0 unspecified atom stereocenters. The van der Waals surface area contributed by atoms with Gasteiger partial charge in [-0.1, -0.05) is 11.6 Å². The zero-order chi connectivity index (χ0) is 12.6. The van der Waals surface area contributed by atoms with E-state index in [1.165, 1.54) is 4.68 Å². The standard InChI is InChI=1S/C11H15ClN4O/c1-4-17-5-8-15-9-10(16(8)13)6(2)7(3)14-11(9)12/h4-5,13H2,1-3H3. The van der Waals surface area contributed by atoms with Gasteiger partial charge in [0.1, 0.15) is 12.1 Å². The zero-order valence-electron chi connectivity index (χ0n) is 10.1. The van der Waals surface area contributed by atoms with E-state index in [2.05, 4.69) is 9.97 Å². The minimum atomic E-state index is 0.372. The van der Waals surface area contributed by atoms with Crippen LogP contribution in [0.2, 0.25) is 5.15 Å². The summed E-state index contributed by atoms with van der Waals surface area (Å²) in [4.78, 5) is 8.60. The maximum Gasteiger partial charge on any atom is 0.157 e. The first-order valence-corrected chi connectivity index (χ1v) is 5.80. The molecule has 0 amide bonds. The molecule has 0 radical (unpaired) electrons. The molecular formula is C11H15ClN4O. The number of nitrogens with zero attached hydrogens (tertiary/aromatic N) is 3. The van der Waals surface area contributed by atoms with Crippen LogP contribution in [-0.2, 0) is 11.3 Å². The van der Waals surface area contributed by atoms with Crippen LogP contribution in [0.1, 0.15) is 24.0 Å². The van der Waals surface area contributed by atoms with Gasteiger partial charge < -0.3 is 10.6 Å². The quantitative estimate of drug-likeness (QED) is 0.672. The van der Waals surface area contributed by atoms with Crippen molar-refractivity contribution in [2.75, 3.05) is 12.4 Å². The zero-order valence-corrected chi connectivity index (χ0v) is 10.9. The molecule has 0 saturated carbocycles. The molecule has 0 fully saturated rings. The van der Waals surface area contributed by atoms with Crippen molar-refractivity contribution in [3.05, 3.63) is 22.2 Å². The van der Waals surface area contributed by atoms with Crippen LogP contribution in [0, 0.1) is 13.8 Å². The number of nitrogen functional groups attached to an aromatic ring is 1. The summed E-state index contributed by atoms with van der Waals surface area (Å²) in [5, 5.41) is 0.380. The number of hydrogen-bond acceptors (Lipinski definition) is 4. The Morgan fingerprint density at radius 1 is 1.35 bits per heavy atom.